The summed E-state index contributed by atoms with van der Waals surface area (Å²) < 4.78 is 10.4. The average molecular weight is 334 g/mol. The zero-order chi connectivity index (χ0) is 17.6. The number of amides is 1. The number of nitrogens with one attached hydrogen (secondary N) is 1. The van der Waals surface area contributed by atoms with Gasteiger partial charge >= 0.3 is 0 Å². The van der Waals surface area contributed by atoms with Gasteiger partial charge in [-0.1, -0.05) is 29.4 Å². The summed E-state index contributed by atoms with van der Waals surface area (Å²) in [5, 5.41) is 15.7. The van der Waals surface area contributed by atoms with E-state index in [1.54, 1.807) is 42.5 Å². The fraction of sp³-hybridized carbons (Fsp3) is 0.111. The van der Waals surface area contributed by atoms with Crippen LogP contribution in [0.15, 0.2) is 53.1 Å². The van der Waals surface area contributed by atoms with E-state index in [0.29, 0.717) is 22.6 Å². The van der Waals surface area contributed by atoms with Crippen molar-refractivity contribution in [2.24, 2.45) is 0 Å². The normalized spacial score (nSPS) is 10.1. The van der Waals surface area contributed by atoms with E-state index in [0.717, 1.165) is 0 Å². The zero-order valence-corrected chi connectivity index (χ0v) is 13.4. The standard InChI is InChI=1S/C18H14N4O3/c1-24-15-9-5-4-8-14(15)20-17(23)10-16-21-18(25-22-16)13-7-3-2-6-12(13)11-19/h2-9H,10H2,1H3,(H,20,23). The van der Waals surface area contributed by atoms with Crippen molar-refractivity contribution < 1.29 is 14.1 Å². The van der Waals surface area contributed by atoms with Crippen molar-refractivity contribution in [2.75, 3.05) is 12.4 Å². The highest BCUT2D eigenvalue weighted by Crippen LogP contribution is 2.24. The van der Waals surface area contributed by atoms with E-state index in [2.05, 4.69) is 21.5 Å². The number of ether oxygens (including phenoxy) is 1. The van der Waals surface area contributed by atoms with Crippen LogP contribution in [0.4, 0.5) is 5.69 Å². The number of nitriles is 1. The molecule has 7 heteroatoms. The monoisotopic (exact) mass is 334 g/mol. The number of methoxy groups -OCH3 is 1. The van der Waals surface area contributed by atoms with Gasteiger partial charge < -0.3 is 14.6 Å². The summed E-state index contributed by atoms with van der Waals surface area (Å²) in [4.78, 5) is 16.4. The molecule has 0 radical (unpaired) electrons. The van der Waals surface area contributed by atoms with E-state index in [9.17, 15) is 4.79 Å². The van der Waals surface area contributed by atoms with Gasteiger partial charge in [0, 0.05) is 0 Å². The predicted molar refractivity (Wildman–Crippen MR) is 89.8 cm³/mol. The summed E-state index contributed by atoms with van der Waals surface area (Å²) in [5.41, 5.74) is 1.53. The van der Waals surface area contributed by atoms with Gasteiger partial charge in [-0.2, -0.15) is 10.2 Å². The van der Waals surface area contributed by atoms with Crippen LogP contribution in [0.5, 0.6) is 5.75 Å². The zero-order valence-electron chi connectivity index (χ0n) is 13.4. The van der Waals surface area contributed by atoms with Crippen LogP contribution < -0.4 is 10.1 Å². The third kappa shape index (κ3) is 3.64. The molecule has 1 N–H and O–H groups in total. The highest BCUT2D eigenvalue weighted by Gasteiger charge is 2.15. The Balaban J connectivity index is 1.73. The molecule has 0 saturated heterocycles. The van der Waals surface area contributed by atoms with Crippen molar-refractivity contribution >= 4 is 11.6 Å². The summed E-state index contributed by atoms with van der Waals surface area (Å²) in [6.45, 7) is 0. The number of benzene rings is 2. The van der Waals surface area contributed by atoms with Crippen LogP contribution >= 0.6 is 0 Å². The topological polar surface area (TPSA) is 101 Å². The number of para-hydroxylation sites is 2. The maximum atomic E-state index is 12.2. The first-order chi connectivity index (χ1) is 12.2. The Morgan fingerprint density at radius 1 is 1.24 bits per heavy atom. The molecule has 0 fully saturated rings. The number of carbonyl (C=O) groups is 1. The van der Waals surface area contributed by atoms with Gasteiger partial charge in [0.25, 0.3) is 5.89 Å². The Morgan fingerprint density at radius 3 is 2.80 bits per heavy atom. The minimum absolute atomic E-state index is 0.0593. The van der Waals surface area contributed by atoms with Crippen molar-refractivity contribution in [1.82, 2.24) is 10.1 Å². The second-order valence-corrected chi connectivity index (χ2v) is 5.10. The molecule has 0 aliphatic heterocycles. The molecule has 0 aliphatic carbocycles. The summed E-state index contributed by atoms with van der Waals surface area (Å²) in [6.07, 6.45) is -0.0593. The minimum atomic E-state index is -0.301. The smallest absolute Gasteiger partial charge is 0.259 e. The van der Waals surface area contributed by atoms with Gasteiger partial charge in [0.15, 0.2) is 5.82 Å². The molecule has 7 nitrogen and oxygen atoms in total. The molecule has 0 unspecified atom stereocenters. The van der Waals surface area contributed by atoms with Crippen molar-refractivity contribution in [3.05, 3.63) is 59.9 Å². The summed E-state index contributed by atoms with van der Waals surface area (Å²) in [7, 11) is 1.53. The van der Waals surface area contributed by atoms with E-state index < -0.39 is 0 Å². The van der Waals surface area contributed by atoms with E-state index in [1.807, 2.05) is 6.07 Å². The fourth-order valence-corrected chi connectivity index (χ4v) is 2.29. The van der Waals surface area contributed by atoms with Crippen LogP contribution in [0.1, 0.15) is 11.4 Å². The van der Waals surface area contributed by atoms with E-state index in [1.165, 1.54) is 7.11 Å². The quantitative estimate of drug-likeness (QED) is 0.770. The van der Waals surface area contributed by atoms with Crippen molar-refractivity contribution in [3.8, 4) is 23.3 Å². The second-order valence-electron chi connectivity index (χ2n) is 5.10. The van der Waals surface area contributed by atoms with Crippen molar-refractivity contribution in [1.29, 1.82) is 5.26 Å². The first-order valence-corrected chi connectivity index (χ1v) is 7.46. The molecule has 0 atom stereocenters. The molecule has 1 aromatic heterocycles. The molecule has 0 spiro atoms. The molecule has 0 bridgehead atoms. The molecule has 3 rings (SSSR count). The van der Waals surface area contributed by atoms with Gasteiger partial charge in [0.05, 0.1) is 36.4 Å². The predicted octanol–water partition coefficient (Wildman–Crippen LogP) is 2.80. The number of rotatable bonds is 5. The Hall–Kier alpha value is -3.66. The lowest BCUT2D eigenvalue weighted by Crippen LogP contribution is -2.15. The maximum absolute atomic E-state index is 12.2. The number of nitrogens with zero attached hydrogens (tertiary/aromatic N) is 3. The Morgan fingerprint density at radius 2 is 2.00 bits per heavy atom. The summed E-state index contributed by atoms with van der Waals surface area (Å²) >= 11 is 0. The average Bonchev–Trinajstić information content (AvgIpc) is 3.10. The van der Waals surface area contributed by atoms with E-state index in [-0.39, 0.29) is 24.0 Å². The van der Waals surface area contributed by atoms with Gasteiger partial charge in [-0.3, -0.25) is 4.79 Å². The van der Waals surface area contributed by atoms with Gasteiger partial charge in [-0.05, 0) is 24.3 Å². The Kier molecular flexibility index (Phi) is 4.72. The summed E-state index contributed by atoms with van der Waals surface area (Å²) in [6, 6.07) is 16.1. The van der Waals surface area contributed by atoms with Gasteiger partial charge in [0.2, 0.25) is 5.91 Å². The molecule has 0 aliphatic rings. The van der Waals surface area contributed by atoms with Crippen LogP contribution in [0.2, 0.25) is 0 Å². The lowest BCUT2D eigenvalue weighted by atomic mass is 10.1. The first kappa shape index (κ1) is 16.2. The molecule has 124 valence electrons. The molecule has 25 heavy (non-hydrogen) atoms. The maximum Gasteiger partial charge on any atom is 0.259 e. The first-order valence-electron chi connectivity index (χ1n) is 7.46. The number of anilines is 1. The molecule has 0 saturated carbocycles. The fourth-order valence-electron chi connectivity index (χ4n) is 2.29. The number of carbonyl (C=O) groups excluding carboxylic acids is 1. The van der Waals surface area contributed by atoms with Crippen LogP contribution in [-0.2, 0) is 11.2 Å². The molecule has 3 aromatic rings. The highest BCUT2D eigenvalue weighted by atomic mass is 16.5. The minimum Gasteiger partial charge on any atom is -0.495 e. The number of hydrogen-bond donors (Lipinski definition) is 1. The van der Waals surface area contributed by atoms with Crippen LogP contribution in [0.25, 0.3) is 11.5 Å². The lowest BCUT2D eigenvalue weighted by molar-refractivity contribution is -0.115. The molecule has 2 aromatic carbocycles. The van der Waals surface area contributed by atoms with E-state index in [4.69, 9.17) is 14.5 Å². The van der Waals surface area contributed by atoms with Crippen LogP contribution in [0.3, 0.4) is 0 Å². The van der Waals surface area contributed by atoms with Gasteiger partial charge in [0.1, 0.15) is 5.75 Å². The molecular formula is C18H14N4O3. The highest BCUT2D eigenvalue weighted by molar-refractivity contribution is 5.93. The van der Waals surface area contributed by atoms with Crippen LogP contribution in [-0.4, -0.2) is 23.2 Å². The largest absolute Gasteiger partial charge is 0.495 e. The Labute approximate surface area is 143 Å². The molecule has 1 heterocycles. The SMILES string of the molecule is COc1ccccc1NC(=O)Cc1noc(-c2ccccc2C#N)n1. The van der Waals surface area contributed by atoms with Gasteiger partial charge in [-0.25, -0.2) is 0 Å². The summed E-state index contributed by atoms with van der Waals surface area (Å²) in [5.74, 6) is 0.699. The molecule has 1 amide bonds. The van der Waals surface area contributed by atoms with Crippen molar-refractivity contribution in [2.45, 2.75) is 6.42 Å². The number of hydrogen-bond acceptors (Lipinski definition) is 6. The third-order valence-electron chi connectivity index (χ3n) is 3.45. The molecular weight excluding hydrogens is 320 g/mol. The second kappa shape index (κ2) is 7.27. The lowest BCUT2D eigenvalue weighted by Gasteiger charge is -2.08. The third-order valence-corrected chi connectivity index (χ3v) is 3.45. The number of aromatic nitrogens is 2. The Bertz CT molecular complexity index is 943. The van der Waals surface area contributed by atoms with Gasteiger partial charge in [-0.15, -0.1) is 0 Å². The van der Waals surface area contributed by atoms with Crippen LogP contribution in [0, 0.1) is 11.3 Å². The van der Waals surface area contributed by atoms with Crippen molar-refractivity contribution in [3.63, 3.8) is 0 Å². The van der Waals surface area contributed by atoms with E-state index >= 15 is 0 Å².